The predicted molar refractivity (Wildman–Crippen MR) is 318 cm³/mol. The summed E-state index contributed by atoms with van der Waals surface area (Å²) in [6, 6.07) is -0.803. The molecule has 1 aliphatic rings. The zero-order valence-corrected chi connectivity index (χ0v) is 49.1. The molecule has 1 rings (SSSR count). The number of aliphatic hydroxyl groups excluding tert-OH is 5. The highest BCUT2D eigenvalue weighted by atomic mass is 16.7. The average molecular weight is 1060 g/mol. The molecule has 1 heterocycles. The van der Waals surface area contributed by atoms with Crippen LogP contribution in [0.1, 0.15) is 309 Å². The molecule has 0 aromatic heterocycles. The Morgan fingerprint density at radius 3 is 1.16 bits per heavy atom. The number of hydrogen-bond donors (Lipinski definition) is 6. The van der Waals surface area contributed by atoms with Crippen LogP contribution >= 0.6 is 0 Å². The van der Waals surface area contributed by atoms with Crippen LogP contribution in [0.3, 0.4) is 0 Å². The van der Waals surface area contributed by atoms with Crippen molar-refractivity contribution in [2.24, 2.45) is 0 Å². The summed E-state index contributed by atoms with van der Waals surface area (Å²) in [5.74, 6) is -0.173. The lowest BCUT2D eigenvalue weighted by Crippen LogP contribution is -2.60. The third-order valence-corrected chi connectivity index (χ3v) is 15.4. The standard InChI is InChI=1S/C66H123NO8/c1-3-5-7-9-11-13-15-17-18-19-20-21-22-23-24-25-26-27-28-29-30-31-32-33-34-35-36-37-38-39-40-41-42-44-46-48-50-52-54-56-62(70)67-59(58-74-66-65(73)64(72)63(71)61(57-68)75-66)60(69)55-53-51-49-47-45-43-16-14-12-10-8-6-4-2/h15,17,19-20,22-23,53,55,59-61,63-66,68-69,71-73H,3-14,16,18,21,24-52,54,56-58H2,1-2H3,(H,67,70)/b17-15-,20-19-,23-22-,55-53+. The number of aliphatic hydroxyl groups is 5. The summed E-state index contributed by atoms with van der Waals surface area (Å²) in [6.45, 7) is 3.78. The summed E-state index contributed by atoms with van der Waals surface area (Å²) in [6.07, 6.45) is 67.9. The molecule has 0 bridgehead atoms. The Morgan fingerprint density at radius 1 is 0.453 bits per heavy atom. The highest BCUT2D eigenvalue weighted by Gasteiger charge is 2.44. The molecule has 1 saturated heterocycles. The summed E-state index contributed by atoms with van der Waals surface area (Å²) in [4.78, 5) is 13.1. The molecule has 6 N–H and O–H groups in total. The fourth-order valence-electron chi connectivity index (χ4n) is 10.3. The number of carbonyl (C=O) groups excluding carboxylic acids is 1. The van der Waals surface area contributed by atoms with Crippen molar-refractivity contribution in [3.8, 4) is 0 Å². The zero-order valence-electron chi connectivity index (χ0n) is 49.1. The van der Waals surface area contributed by atoms with Crippen molar-refractivity contribution in [3.05, 3.63) is 48.6 Å². The van der Waals surface area contributed by atoms with Gasteiger partial charge in [0.2, 0.25) is 5.91 Å². The molecule has 75 heavy (non-hydrogen) atoms. The largest absolute Gasteiger partial charge is 0.394 e. The van der Waals surface area contributed by atoms with Crippen molar-refractivity contribution >= 4 is 5.91 Å². The van der Waals surface area contributed by atoms with Gasteiger partial charge in [-0.25, -0.2) is 0 Å². The van der Waals surface area contributed by atoms with Gasteiger partial charge >= 0.3 is 0 Å². The number of unbranched alkanes of at least 4 members (excludes halogenated alkanes) is 40. The van der Waals surface area contributed by atoms with Gasteiger partial charge in [0, 0.05) is 6.42 Å². The van der Waals surface area contributed by atoms with Gasteiger partial charge in [0.1, 0.15) is 24.4 Å². The molecule has 9 heteroatoms. The second-order valence-electron chi connectivity index (χ2n) is 22.6. The van der Waals surface area contributed by atoms with E-state index in [-0.39, 0.29) is 12.5 Å². The Balaban J connectivity index is 2.03. The number of ether oxygens (including phenoxy) is 2. The highest BCUT2D eigenvalue weighted by molar-refractivity contribution is 5.76. The summed E-state index contributed by atoms with van der Waals surface area (Å²) < 4.78 is 11.3. The van der Waals surface area contributed by atoms with Crippen LogP contribution in [-0.4, -0.2) is 87.5 Å². The molecule has 9 nitrogen and oxygen atoms in total. The summed E-state index contributed by atoms with van der Waals surface area (Å²) in [7, 11) is 0. The lowest BCUT2D eigenvalue weighted by molar-refractivity contribution is -0.302. The van der Waals surface area contributed by atoms with E-state index in [1.165, 1.54) is 238 Å². The van der Waals surface area contributed by atoms with Crippen molar-refractivity contribution in [1.29, 1.82) is 0 Å². The van der Waals surface area contributed by atoms with E-state index < -0.39 is 49.5 Å². The van der Waals surface area contributed by atoms with E-state index in [9.17, 15) is 30.3 Å². The van der Waals surface area contributed by atoms with Gasteiger partial charge in [-0.05, 0) is 57.8 Å². The lowest BCUT2D eigenvalue weighted by Gasteiger charge is -2.40. The Morgan fingerprint density at radius 2 is 0.787 bits per heavy atom. The quantitative estimate of drug-likeness (QED) is 0.0261. The predicted octanol–water partition coefficient (Wildman–Crippen LogP) is 16.9. The van der Waals surface area contributed by atoms with Crippen molar-refractivity contribution < 1.29 is 39.8 Å². The van der Waals surface area contributed by atoms with Gasteiger partial charge in [-0.15, -0.1) is 0 Å². The van der Waals surface area contributed by atoms with E-state index in [0.717, 1.165) is 51.4 Å². The van der Waals surface area contributed by atoms with Crippen molar-refractivity contribution in [1.82, 2.24) is 5.32 Å². The molecule has 440 valence electrons. The highest BCUT2D eigenvalue weighted by Crippen LogP contribution is 2.23. The van der Waals surface area contributed by atoms with Crippen LogP contribution in [0.4, 0.5) is 0 Å². The van der Waals surface area contributed by atoms with E-state index in [0.29, 0.717) is 6.42 Å². The number of allylic oxidation sites excluding steroid dienone is 7. The molecule has 0 aromatic carbocycles. The van der Waals surface area contributed by atoms with Crippen LogP contribution in [0.15, 0.2) is 48.6 Å². The lowest BCUT2D eigenvalue weighted by atomic mass is 9.99. The van der Waals surface area contributed by atoms with E-state index in [4.69, 9.17) is 9.47 Å². The Hall–Kier alpha value is -1.85. The van der Waals surface area contributed by atoms with Crippen molar-refractivity contribution in [2.45, 2.75) is 352 Å². The van der Waals surface area contributed by atoms with Gasteiger partial charge in [0.05, 0.1) is 25.4 Å². The molecule has 0 saturated carbocycles. The normalized spacial score (nSPS) is 19.2. The first-order valence-corrected chi connectivity index (χ1v) is 32.4. The summed E-state index contributed by atoms with van der Waals surface area (Å²) in [5.41, 5.74) is 0. The Bertz CT molecular complexity index is 1320. The van der Waals surface area contributed by atoms with Crippen LogP contribution in [0.25, 0.3) is 0 Å². The minimum Gasteiger partial charge on any atom is -0.394 e. The van der Waals surface area contributed by atoms with Gasteiger partial charge in [-0.3, -0.25) is 4.79 Å². The molecule has 1 amide bonds. The maximum Gasteiger partial charge on any atom is 0.220 e. The minimum absolute atomic E-state index is 0.173. The van der Waals surface area contributed by atoms with Crippen LogP contribution in [0.2, 0.25) is 0 Å². The van der Waals surface area contributed by atoms with Crippen molar-refractivity contribution in [3.63, 3.8) is 0 Å². The topological polar surface area (TPSA) is 149 Å². The zero-order chi connectivity index (χ0) is 54.3. The van der Waals surface area contributed by atoms with Gasteiger partial charge in [-0.1, -0.05) is 294 Å². The summed E-state index contributed by atoms with van der Waals surface area (Å²) in [5, 5.41) is 54.5. The maximum absolute atomic E-state index is 13.1. The molecule has 7 unspecified atom stereocenters. The third-order valence-electron chi connectivity index (χ3n) is 15.4. The first-order chi connectivity index (χ1) is 36.8. The van der Waals surface area contributed by atoms with Gasteiger partial charge in [-0.2, -0.15) is 0 Å². The molecule has 1 fully saturated rings. The smallest absolute Gasteiger partial charge is 0.220 e. The molecule has 7 atom stereocenters. The number of amides is 1. The monoisotopic (exact) mass is 1060 g/mol. The number of rotatable bonds is 56. The van der Waals surface area contributed by atoms with Gasteiger partial charge < -0.3 is 40.3 Å². The first kappa shape index (κ1) is 71.2. The van der Waals surface area contributed by atoms with Crippen LogP contribution in [0, 0.1) is 0 Å². The number of hydrogen-bond acceptors (Lipinski definition) is 8. The van der Waals surface area contributed by atoms with Gasteiger partial charge in [0.15, 0.2) is 6.29 Å². The van der Waals surface area contributed by atoms with E-state index in [1.807, 2.05) is 6.08 Å². The van der Waals surface area contributed by atoms with E-state index in [1.54, 1.807) is 6.08 Å². The SMILES string of the molecule is CCCCCCC/C=C\C/C=C\C/C=C\CCCCCCCCCCCCCCCCCCCCCCCCCCC(=O)NC(COC1OC(CO)C(O)C(O)C1O)C(O)/C=C/CCCCCCCCCCCCC. The second kappa shape index (κ2) is 55.5. The fourth-order valence-corrected chi connectivity index (χ4v) is 10.3. The van der Waals surface area contributed by atoms with Crippen LogP contribution in [0.5, 0.6) is 0 Å². The van der Waals surface area contributed by atoms with E-state index >= 15 is 0 Å². The first-order valence-electron chi connectivity index (χ1n) is 32.4. The fraction of sp³-hybridized carbons (Fsp3) is 0.864. The minimum atomic E-state index is -1.57. The third kappa shape index (κ3) is 44.7. The Labute approximate surface area is 463 Å². The molecular weight excluding hydrogens is 935 g/mol. The summed E-state index contributed by atoms with van der Waals surface area (Å²) >= 11 is 0. The van der Waals surface area contributed by atoms with E-state index in [2.05, 4.69) is 55.6 Å². The molecule has 0 radical (unpaired) electrons. The maximum atomic E-state index is 13.1. The number of carbonyl (C=O) groups is 1. The molecular formula is C66H123NO8. The molecule has 1 aliphatic heterocycles. The Kier molecular flexibility index (Phi) is 52.6. The number of nitrogens with one attached hydrogen (secondary N) is 1. The average Bonchev–Trinajstić information content (AvgIpc) is 3.41. The molecule has 0 aromatic rings. The van der Waals surface area contributed by atoms with Gasteiger partial charge in [0.25, 0.3) is 0 Å². The van der Waals surface area contributed by atoms with Crippen LogP contribution in [-0.2, 0) is 14.3 Å². The van der Waals surface area contributed by atoms with Crippen molar-refractivity contribution in [2.75, 3.05) is 13.2 Å². The molecule has 0 spiro atoms. The molecule has 0 aliphatic carbocycles. The second-order valence-corrected chi connectivity index (χ2v) is 22.6. The van der Waals surface area contributed by atoms with Crippen LogP contribution < -0.4 is 5.32 Å².